The number of benzene rings is 1. The Balaban J connectivity index is 0.00000324. The van der Waals surface area contributed by atoms with E-state index in [-0.39, 0.29) is 13.4 Å². The number of hydrogen-bond acceptors (Lipinski definition) is 2. The zero-order valence-electron chi connectivity index (χ0n) is 11.7. The number of aliphatic hydroxyl groups is 1. The molecule has 0 spiro atoms. The van der Waals surface area contributed by atoms with Gasteiger partial charge in [-0.1, -0.05) is 19.9 Å². The zero-order valence-corrected chi connectivity index (χ0v) is 11.7. The lowest BCUT2D eigenvalue weighted by molar-refractivity contribution is 0.0945. The van der Waals surface area contributed by atoms with Crippen molar-refractivity contribution in [1.29, 1.82) is 0 Å². The van der Waals surface area contributed by atoms with Gasteiger partial charge in [0, 0.05) is 13.5 Å². The van der Waals surface area contributed by atoms with Crippen molar-refractivity contribution >= 4 is 5.91 Å². The molecule has 1 aromatic carbocycles. The van der Waals surface area contributed by atoms with Gasteiger partial charge in [-0.3, -0.25) is 4.79 Å². The maximum atomic E-state index is 11.9. The fourth-order valence-corrected chi connectivity index (χ4v) is 1.96. The van der Waals surface area contributed by atoms with Crippen molar-refractivity contribution in [2.75, 3.05) is 6.54 Å². The van der Waals surface area contributed by atoms with Crippen molar-refractivity contribution in [3.8, 4) is 0 Å². The molecule has 0 aliphatic carbocycles. The molecule has 1 atom stereocenters. The predicted molar refractivity (Wildman–Crippen MR) is 76.0 cm³/mol. The van der Waals surface area contributed by atoms with Gasteiger partial charge in [0.1, 0.15) is 0 Å². The highest BCUT2D eigenvalue weighted by Gasteiger charge is 2.09. The standard InChI is InChI=1S/C15H23NO2.H2/c1-10(2)14-6-5-13(9-11(14)3)15(18)16-8-7-12(4)17;/h5-6,9-10,12,17H,7-8H2,1-4H3,(H,16,18);1H. The number of carbonyl (C=O) groups is 1. The molecule has 1 aromatic rings. The van der Waals surface area contributed by atoms with Gasteiger partial charge in [0.05, 0.1) is 6.10 Å². The number of amides is 1. The second-order valence-corrected chi connectivity index (χ2v) is 5.12. The summed E-state index contributed by atoms with van der Waals surface area (Å²) in [6.07, 6.45) is 0.199. The Hall–Kier alpha value is -1.35. The molecule has 0 bridgehead atoms. The fraction of sp³-hybridized carbons (Fsp3) is 0.533. The fourth-order valence-electron chi connectivity index (χ4n) is 1.96. The van der Waals surface area contributed by atoms with E-state index in [1.54, 1.807) is 6.92 Å². The van der Waals surface area contributed by atoms with E-state index in [9.17, 15) is 4.79 Å². The highest BCUT2D eigenvalue weighted by molar-refractivity contribution is 5.94. The highest BCUT2D eigenvalue weighted by Crippen LogP contribution is 2.19. The Bertz CT molecular complexity index is 417. The average Bonchev–Trinajstić information content (AvgIpc) is 2.27. The number of hydrogen-bond donors (Lipinski definition) is 2. The molecule has 0 aliphatic heterocycles. The predicted octanol–water partition coefficient (Wildman–Crippen LogP) is 2.87. The lowest BCUT2D eigenvalue weighted by Crippen LogP contribution is -2.26. The van der Waals surface area contributed by atoms with Crippen molar-refractivity contribution in [1.82, 2.24) is 5.32 Å². The molecule has 0 saturated heterocycles. The number of nitrogens with one attached hydrogen (secondary N) is 1. The molecule has 1 rings (SSSR count). The van der Waals surface area contributed by atoms with Crippen LogP contribution in [-0.2, 0) is 0 Å². The molecule has 0 heterocycles. The Morgan fingerprint density at radius 3 is 2.56 bits per heavy atom. The summed E-state index contributed by atoms with van der Waals surface area (Å²) >= 11 is 0. The van der Waals surface area contributed by atoms with E-state index >= 15 is 0 Å². The van der Waals surface area contributed by atoms with Crippen LogP contribution in [0, 0.1) is 6.92 Å². The molecule has 3 heteroatoms. The molecule has 0 radical (unpaired) electrons. The monoisotopic (exact) mass is 251 g/mol. The van der Waals surface area contributed by atoms with Crippen LogP contribution in [0.1, 0.15) is 56.0 Å². The van der Waals surface area contributed by atoms with Crippen molar-refractivity contribution in [2.45, 2.75) is 46.1 Å². The summed E-state index contributed by atoms with van der Waals surface area (Å²) in [7, 11) is 0. The van der Waals surface area contributed by atoms with Crippen LogP contribution < -0.4 is 5.32 Å². The maximum absolute atomic E-state index is 11.9. The number of rotatable bonds is 5. The SMILES string of the molecule is Cc1cc(C(=O)NCCC(C)O)ccc1C(C)C.[HH]. The van der Waals surface area contributed by atoms with Crippen LogP contribution in [0.5, 0.6) is 0 Å². The smallest absolute Gasteiger partial charge is 0.251 e. The number of aliphatic hydroxyl groups excluding tert-OH is 1. The molecule has 0 aliphatic rings. The molecule has 18 heavy (non-hydrogen) atoms. The molecular formula is C15H25NO2. The number of aryl methyl sites for hydroxylation is 1. The minimum Gasteiger partial charge on any atom is -0.393 e. The highest BCUT2D eigenvalue weighted by atomic mass is 16.3. The topological polar surface area (TPSA) is 49.3 Å². The lowest BCUT2D eigenvalue weighted by atomic mass is 9.96. The van der Waals surface area contributed by atoms with Gasteiger partial charge < -0.3 is 10.4 Å². The average molecular weight is 251 g/mol. The van der Waals surface area contributed by atoms with E-state index in [1.165, 1.54) is 5.56 Å². The first-order valence-electron chi connectivity index (χ1n) is 6.48. The van der Waals surface area contributed by atoms with Gasteiger partial charge >= 0.3 is 0 Å². The van der Waals surface area contributed by atoms with Gasteiger partial charge in [-0.15, -0.1) is 0 Å². The summed E-state index contributed by atoms with van der Waals surface area (Å²) in [4.78, 5) is 11.9. The molecule has 3 nitrogen and oxygen atoms in total. The molecule has 2 N–H and O–H groups in total. The first kappa shape index (κ1) is 14.7. The summed E-state index contributed by atoms with van der Waals surface area (Å²) in [6, 6.07) is 5.80. The van der Waals surface area contributed by atoms with Crippen LogP contribution in [0.25, 0.3) is 0 Å². The first-order valence-corrected chi connectivity index (χ1v) is 6.48. The van der Waals surface area contributed by atoms with Crippen LogP contribution in [0.15, 0.2) is 18.2 Å². The van der Waals surface area contributed by atoms with Crippen molar-refractivity contribution in [3.05, 3.63) is 34.9 Å². The normalized spacial score (nSPS) is 12.6. The molecule has 0 aromatic heterocycles. The molecular weight excluding hydrogens is 226 g/mol. The summed E-state index contributed by atoms with van der Waals surface area (Å²) in [5.74, 6) is 0.395. The quantitative estimate of drug-likeness (QED) is 0.845. The molecule has 1 unspecified atom stereocenters. The third-order valence-electron chi connectivity index (χ3n) is 3.00. The third-order valence-corrected chi connectivity index (χ3v) is 3.00. The molecule has 102 valence electrons. The molecule has 0 saturated carbocycles. The summed E-state index contributed by atoms with van der Waals surface area (Å²) < 4.78 is 0. The van der Waals surface area contributed by atoms with Gasteiger partial charge in [-0.2, -0.15) is 0 Å². The van der Waals surface area contributed by atoms with Gasteiger partial charge in [-0.05, 0) is 49.4 Å². The first-order chi connectivity index (χ1) is 8.41. The second kappa shape index (κ2) is 6.55. The van der Waals surface area contributed by atoms with Gasteiger partial charge in [0.25, 0.3) is 5.91 Å². The number of carbonyl (C=O) groups excluding carboxylic acids is 1. The van der Waals surface area contributed by atoms with Gasteiger partial charge in [0.15, 0.2) is 0 Å². The van der Waals surface area contributed by atoms with E-state index in [4.69, 9.17) is 5.11 Å². The van der Waals surface area contributed by atoms with Gasteiger partial charge in [-0.25, -0.2) is 0 Å². The van der Waals surface area contributed by atoms with Crippen LogP contribution in [0.4, 0.5) is 0 Å². The summed E-state index contributed by atoms with van der Waals surface area (Å²) in [5.41, 5.74) is 3.10. The maximum Gasteiger partial charge on any atom is 0.251 e. The Kier molecular flexibility index (Phi) is 5.35. The minimum absolute atomic E-state index is 0. The van der Waals surface area contributed by atoms with E-state index in [0.717, 1.165) is 5.56 Å². The van der Waals surface area contributed by atoms with Crippen LogP contribution >= 0.6 is 0 Å². The van der Waals surface area contributed by atoms with Crippen LogP contribution in [-0.4, -0.2) is 23.7 Å². The van der Waals surface area contributed by atoms with Crippen molar-refractivity contribution in [2.24, 2.45) is 0 Å². The minimum atomic E-state index is -0.379. The van der Waals surface area contributed by atoms with E-state index in [0.29, 0.717) is 24.4 Å². The Labute approximate surface area is 111 Å². The molecule has 1 amide bonds. The largest absolute Gasteiger partial charge is 0.393 e. The van der Waals surface area contributed by atoms with E-state index in [2.05, 4.69) is 19.2 Å². The second-order valence-electron chi connectivity index (χ2n) is 5.12. The van der Waals surface area contributed by atoms with Gasteiger partial charge in [0.2, 0.25) is 0 Å². The van der Waals surface area contributed by atoms with Crippen LogP contribution in [0.3, 0.4) is 0 Å². The third kappa shape index (κ3) is 4.15. The zero-order chi connectivity index (χ0) is 13.7. The van der Waals surface area contributed by atoms with E-state index < -0.39 is 0 Å². The van der Waals surface area contributed by atoms with Crippen molar-refractivity contribution < 1.29 is 11.3 Å². The molecule has 0 fully saturated rings. The Morgan fingerprint density at radius 1 is 1.39 bits per heavy atom. The Morgan fingerprint density at radius 2 is 2.06 bits per heavy atom. The lowest BCUT2D eigenvalue weighted by Gasteiger charge is -2.12. The van der Waals surface area contributed by atoms with E-state index in [1.807, 2.05) is 25.1 Å². The summed E-state index contributed by atoms with van der Waals surface area (Å²) in [6.45, 7) is 8.53. The summed E-state index contributed by atoms with van der Waals surface area (Å²) in [5, 5.41) is 11.9. The van der Waals surface area contributed by atoms with Crippen molar-refractivity contribution in [3.63, 3.8) is 0 Å². The van der Waals surface area contributed by atoms with Crippen LogP contribution in [0.2, 0.25) is 0 Å².